The van der Waals surface area contributed by atoms with Crippen molar-refractivity contribution in [1.82, 2.24) is 5.32 Å². The van der Waals surface area contributed by atoms with Crippen LogP contribution < -0.4 is 5.32 Å². The van der Waals surface area contributed by atoms with Crippen molar-refractivity contribution in [2.45, 2.75) is 33.0 Å². The number of carboxylic acids is 1. The second-order valence-corrected chi connectivity index (χ2v) is 5.36. The van der Waals surface area contributed by atoms with Gasteiger partial charge in [0, 0.05) is 6.54 Å². The van der Waals surface area contributed by atoms with Gasteiger partial charge in [0.2, 0.25) is 0 Å². The van der Waals surface area contributed by atoms with Crippen molar-refractivity contribution >= 4 is 11.9 Å². The van der Waals surface area contributed by atoms with Crippen LogP contribution in [0.3, 0.4) is 0 Å². The minimum absolute atomic E-state index is 0.235. The van der Waals surface area contributed by atoms with Gasteiger partial charge in [-0.25, -0.2) is 0 Å². The summed E-state index contributed by atoms with van der Waals surface area (Å²) in [5, 5.41) is 10.8. The van der Waals surface area contributed by atoms with Crippen molar-refractivity contribution in [2.75, 3.05) is 0 Å². The minimum atomic E-state index is -4.90. The summed E-state index contributed by atoms with van der Waals surface area (Å²) in [7, 11) is 0. The maximum absolute atomic E-state index is 12.0. The van der Waals surface area contributed by atoms with E-state index in [2.05, 4.69) is 0 Å². The van der Waals surface area contributed by atoms with E-state index in [9.17, 15) is 22.8 Å². The number of halogens is 3. The highest BCUT2D eigenvalue weighted by molar-refractivity contribution is 5.81. The molecule has 0 radical (unpaired) electrons. The molecule has 116 valence electrons. The van der Waals surface area contributed by atoms with Crippen LogP contribution in [0.4, 0.5) is 13.2 Å². The largest absolute Gasteiger partial charge is 0.481 e. The summed E-state index contributed by atoms with van der Waals surface area (Å²) in [6.45, 7) is 2.94. The highest BCUT2D eigenvalue weighted by Crippen LogP contribution is 2.22. The molecule has 1 aromatic rings. The predicted octanol–water partition coefficient (Wildman–Crippen LogP) is 2.52. The number of aliphatic carboxylic acids is 1. The Morgan fingerprint density at radius 1 is 1.10 bits per heavy atom. The molecule has 1 rings (SSSR count). The molecule has 0 aliphatic heterocycles. The van der Waals surface area contributed by atoms with E-state index in [4.69, 9.17) is 5.11 Å². The smallest absolute Gasteiger partial charge is 0.471 e. The van der Waals surface area contributed by atoms with E-state index in [1.165, 1.54) is 0 Å². The van der Waals surface area contributed by atoms with Crippen molar-refractivity contribution in [3.05, 3.63) is 35.4 Å². The van der Waals surface area contributed by atoms with Gasteiger partial charge in [-0.3, -0.25) is 9.59 Å². The topological polar surface area (TPSA) is 66.4 Å². The zero-order valence-electron chi connectivity index (χ0n) is 11.6. The molecule has 21 heavy (non-hydrogen) atoms. The zero-order chi connectivity index (χ0) is 16.3. The van der Waals surface area contributed by atoms with Crippen LogP contribution >= 0.6 is 0 Å². The molecule has 1 amide bonds. The minimum Gasteiger partial charge on any atom is -0.481 e. The third-order valence-electron chi connectivity index (χ3n) is 2.96. The average molecular weight is 303 g/mol. The van der Waals surface area contributed by atoms with Gasteiger partial charge in [0.15, 0.2) is 0 Å². The third kappa shape index (κ3) is 5.09. The van der Waals surface area contributed by atoms with Gasteiger partial charge in [-0.2, -0.15) is 13.2 Å². The molecule has 0 saturated carbocycles. The van der Waals surface area contributed by atoms with Crippen LogP contribution in [0.1, 0.15) is 25.0 Å². The first-order valence-corrected chi connectivity index (χ1v) is 6.18. The molecule has 0 bridgehead atoms. The molecule has 0 spiro atoms. The van der Waals surface area contributed by atoms with Gasteiger partial charge in [0.1, 0.15) is 0 Å². The number of carbonyl (C=O) groups is 2. The van der Waals surface area contributed by atoms with Crippen molar-refractivity contribution in [3.63, 3.8) is 0 Å². The first-order chi connectivity index (χ1) is 9.52. The quantitative estimate of drug-likeness (QED) is 0.878. The van der Waals surface area contributed by atoms with E-state index in [0.717, 1.165) is 5.56 Å². The number of rotatable bonds is 5. The molecule has 0 aliphatic rings. The Bertz CT molecular complexity index is 521. The molecule has 0 atom stereocenters. The van der Waals surface area contributed by atoms with Crippen LogP contribution in [-0.2, 0) is 22.6 Å². The molecule has 7 heteroatoms. The van der Waals surface area contributed by atoms with Crippen LogP contribution in [-0.4, -0.2) is 23.2 Å². The molecule has 0 heterocycles. The second kappa shape index (κ2) is 6.15. The Kier molecular flexibility index (Phi) is 4.98. The van der Waals surface area contributed by atoms with Crippen molar-refractivity contribution in [2.24, 2.45) is 5.41 Å². The normalized spacial score (nSPS) is 12.0. The molecule has 4 nitrogen and oxygen atoms in total. The molecule has 0 saturated heterocycles. The first-order valence-electron chi connectivity index (χ1n) is 6.18. The Labute approximate surface area is 120 Å². The maximum atomic E-state index is 12.0. The molecular weight excluding hydrogens is 287 g/mol. The van der Waals surface area contributed by atoms with E-state index in [-0.39, 0.29) is 6.54 Å². The fourth-order valence-corrected chi connectivity index (χ4v) is 1.64. The summed E-state index contributed by atoms with van der Waals surface area (Å²) < 4.78 is 36.0. The van der Waals surface area contributed by atoms with Crippen molar-refractivity contribution < 1.29 is 27.9 Å². The molecule has 0 aromatic heterocycles. The standard InChI is InChI=1S/C14H16F3NO3/c1-13(2,12(20)21)7-9-3-5-10(6-4-9)8-18-11(19)14(15,16)17/h3-6H,7-8H2,1-2H3,(H,18,19)(H,20,21). The Balaban J connectivity index is 2.63. The van der Waals surface area contributed by atoms with Gasteiger partial charge in [0.05, 0.1) is 5.41 Å². The van der Waals surface area contributed by atoms with Crippen LogP contribution in [0, 0.1) is 5.41 Å². The van der Waals surface area contributed by atoms with E-state index >= 15 is 0 Å². The van der Waals surface area contributed by atoms with Gasteiger partial charge in [-0.1, -0.05) is 24.3 Å². The summed E-state index contributed by atoms with van der Waals surface area (Å²) in [4.78, 5) is 21.7. The Morgan fingerprint density at radius 3 is 2.00 bits per heavy atom. The van der Waals surface area contributed by atoms with Gasteiger partial charge in [-0.05, 0) is 31.4 Å². The predicted molar refractivity (Wildman–Crippen MR) is 69.5 cm³/mol. The number of hydrogen-bond acceptors (Lipinski definition) is 2. The lowest BCUT2D eigenvalue weighted by molar-refractivity contribution is -0.173. The van der Waals surface area contributed by atoms with E-state index in [0.29, 0.717) is 12.0 Å². The summed E-state index contributed by atoms with van der Waals surface area (Å²) >= 11 is 0. The molecule has 0 fully saturated rings. The van der Waals surface area contributed by atoms with Crippen LogP contribution in [0.25, 0.3) is 0 Å². The van der Waals surface area contributed by atoms with Crippen LogP contribution in [0.2, 0.25) is 0 Å². The number of amides is 1. The van der Waals surface area contributed by atoms with Crippen molar-refractivity contribution in [3.8, 4) is 0 Å². The number of alkyl halides is 3. The van der Waals surface area contributed by atoms with Crippen LogP contribution in [0.15, 0.2) is 24.3 Å². The summed E-state index contributed by atoms with van der Waals surface area (Å²) in [6.07, 6.45) is -4.59. The lowest BCUT2D eigenvalue weighted by Crippen LogP contribution is -2.36. The number of carbonyl (C=O) groups excluding carboxylic acids is 1. The van der Waals surface area contributed by atoms with Gasteiger partial charge in [-0.15, -0.1) is 0 Å². The molecule has 1 aromatic carbocycles. The number of hydrogen-bond donors (Lipinski definition) is 2. The van der Waals surface area contributed by atoms with Crippen LogP contribution in [0.5, 0.6) is 0 Å². The van der Waals surface area contributed by atoms with E-state index in [1.54, 1.807) is 43.4 Å². The van der Waals surface area contributed by atoms with Crippen molar-refractivity contribution in [1.29, 1.82) is 0 Å². The summed E-state index contributed by atoms with van der Waals surface area (Å²) in [6, 6.07) is 6.40. The van der Waals surface area contributed by atoms with E-state index in [1.807, 2.05) is 0 Å². The fourth-order valence-electron chi connectivity index (χ4n) is 1.64. The SMILES string of the molecule is CC(C)(Cc1ccc(CNC(=O)C(F)(F)F)cc1)C(=O)O. The molecular formula is C14H16F3NO3. The average Bonchev–Trinajstić information content (AvgIpc) is 2.35. The van der Waals surface area contributed by atoms with Gasteiger partial charge >= 0.3 is 18.1 Å². The first kappa shape index (κ1) is 17.0. The Hall–Kier alpha value is -2.05. The highest BCUT2D eigenvalue weighted by Gasteiger charge is 2.38. The highest BCUT2D eigenvalue weighted by atomic mass is 19.4. The Morgan fingerprint density at radius 2 is 1.57 bits per heavy atom. The number of nitrogens with one attached hydrogen (secondary N) is 1. The summed E-state index contributed by atoms with van der Waals surface area (Å²) in [5.41, 5.74) is 0.337. The molecule has 2 N–H and O–H groups in total. The molecule has 0 unspecified atom stereocenters. The van der Waals surface area contributed by atoms with E-state index < -0.39 is 23.5 Å². The second-order valence-electron chi connectivity index (χ2n) is 5.36. The lowest BCUT2D eigenvalue weighted by Gasteiger charge is -2.19. The van der Waals surface area contributed by atoms with Gasteiger partial charge < -0.3 is 10.4 Å². The zero-order valence-corrected chi connectivity index (χ0v) is 11.6. The summed E-state index contributed by atoms with van der Waals surface area (Å²) in [5.74, 6) is -2.91. The fraction of sp³-hybridized carbons (Fsp3) is 0.429. The van der Waals surface area contributed by atoms with Gasteiger partial charge in [0.25, 0.3) is 0 Å². The number of benzene rings is 1. The molecule has 0 aliphatic carbocycles. The lowest BCUT2D eigenvalue weighted by atomic mass is 9.86. The maximum Gasteiger partial charge on any atom is 0.471 e. The monoisotopic (exact) mass is 303 g/mol. The third-order valence-corrected chi connectivity index (χ3v) is 2.96. The number of carboxylic acid groups (broad SMARTS) is 1.